The lowest BCUT2D eigenvalue weighted by molar-refractivity contribution is 0.0814. The van der Waals surface area contributed by atoms with E-state index in [4.69, 9.17) is 12.2 Å². The average Bonchev–Trinajstić information content (AvgIpc) is 3.36. The molecule has 4 nitrogen and oxygen atoms in total. The molecule has 0 unspecified atom stereocenters. The van der Waals surface area contributed by atoms with E-state index in [1.807, 2.05) is 11.3 Å². The minimum absolute atomic E-state index is 0.223. The fraction of sp³-hybridized carbons (Fsp3) is 0.370. The molecule has 2 N–H and O–H groups in total. The molecule has 2 heterocycles. The molecule has 33 heavy (non-hydrogen) atoms. The first kappa shape index (κ1) is 23.9. The van der Waals surface area contributed by atoms with Gasteiger partial charge in [-0.1, -0.05) is 66.7 Å². The Balaban J connectivity index is 1.30. The topological polar surface area (TPSA) is 30.5 Å². The van der Waals surface area contributed by atoms with Crippen molar-refractivity contribution in [2.24, 2.45) is 0 Å². The zero-order valence-corrected chi connectivity index (χ0v) is 21.0. The summed E-state index contributed by atoms with van der Waals surface area (Å²) in [4.78, 5) is 6.58. The Labute approximate surface area is 207 Å². The first-order chi connectivity index (χ1) is 16.2. The Morgan fingerprint density at radius 3 is 2.21 bits per heavy atom. The van der Waals surface area contributed by atoms with E-state index in [0.717, 1.165) is 50.8 Å². The molecule has 0 spiro atoms. The number of thiocarbonyl (C=S) groups is 1. The molecule has 1 aromatic heterocycles. The first-order valence-electron chi connectivity index (χ1n) is 11.8. The van der Waals surface area contributed by atoms with Crippen LogP contribution in [0.25, 0.3) is 0 Å². The number of nitrogens with zero attached hydrogens (tertiary/aromatic N) is 2. The van der Waals surface area contributed by atoms with Crippen LogP contribution in [0.15, 0.2) is 78.2 Å². The number of rotatable bonds is 9. The van der Waals surface area contributed by atoms with Crippen LogP contribution >= 0.6 is 23.6 Å². The lowest BCUT2D eigenvalue weighted by Gasteiger charge is -2.41. The number of hydrogen-bond donors (Lipinski definition) is 2. The van der Waals surface area contributed by atoms with Gasteiger partial charge in [0.25, 0.3) is 0 Å². The SMILES string of the molecule is C[C@@H](NC(=S)NCCc1ccccc1)[C@@H](c1cccs1)N1CCN(Cc2ccccc2)CC1. The highest BCUT2D eigenvalue weighted by Crippen LogP contribution is 2.29. The third kappa shape index (κ3) is 7.11. The van der Waals surface area contributed by atoms with Crippen LogP contribution in [0.4, 0.5) is 0 Å². The standard InChI is InChI=1S/C27H34N4S2/c1-22(29-27(32)28-15-14-23-9-4-2-5-10-23)26(25-13-8-20-33-25)31-18-16-30(17-19-31)21-24-11-6-3-7-12-24/h2-13,20,22,26H,14-19,21H2,1H3,(H2,28,29,32)/t22-,26+/m1/s1. The zero-order valence-electron chi connectivity index (χ0n) is 19.3. The van der Waals surface area contributed by atoms with Crippen LogP contribution in [0.5, 0.6) is 0 Å². The molecule has 1 saturated heterocycles. The van der Waals surface area contributed by atoms with E-state index in [-0.39, 0.29) is 6.04 Å². The van der Waals surface area contributed by atoms with Crippen LogP contribution in [-0.4, -0.2) is 53.7 Å². The predicted molar refractivity (Wildman–Crippen MR) is 144 cm³/mol. The third-order valence-electron chi connectivity index (χ3n) is 6.26. The maximum absolute atomic E-state index is 5.64. The van der Waals surface area contributed by atoms with Gasteiger partial charge in [-0.15, -0.1) is 11.3 Å². The molecule has 1 aliphatic rings. The van der Waals surface area contributed by atoms with Crippen molar-refractivity contribution < 1.29 is 0 Å². The van der Waals surface area contributed by atoms with Gasteiger partial charge in [0, 0.05) is 50.2 Å². The molecule has 1 fully saturated rings. The molecule has 2 atom stereocenters. The molecule has 0 bridgehead atoms. The summed E-state index contributed by atoms with van der Waals surface area (Å²) in [5.41, 5.74) is 2.72. The fourth-order valence-electron chi connectivity index (χ4n) is 4.55. The molecular formula is C27H34N4S2. The van der Waals surface area contributed by atoms with Crippen LogP contribution < -0.4 is 10.6 Å². The van der Waals surface area contributed by atoms with Gasteiger partial charge in [0.05, 0.1) is 6.04 Å². The highest BCUT2D eigenvalue weighted by atomic mass is 32.1. The Bertz CT molecular complexity index is 954. The molecule has 3 aromatic rings. The van der Waals surface area contributed by atoms with Crippen molar-refractivity contribution in [3.63, 3.8) is 0 Å². The summed E-state index contributed by atoms with van der Waals surface area (Å²) in [6.45, 7) is 8.43. The maximum atomic E-state index is 5.64. The Kier molecular flexibility index (Phi) is 8.89. The number of thiophene rings is 1. The van der Waals surface area contributed by atoms with Gasteiger partial charge >= 0.3 is 0 Å². The second kappa shape index (κ2) is 12.3. The summed E-state index contributed by atoms with van der Waals surface area (Å²) in [5.74, 6) is 0. The molecule has 4 rings (SSSR count). The van der Waals surface area contributed by atoms with Gasteiger partial charge in [-0.05, 0) is 48.1 Å². The Morgan fingerprint density at radius 2 is 1.58 bits per heavy atom. The number of nitrogens with one attached hydrogen (secondary N) is 2. The van der Waals surface area contributed by atoms with Crippen LogP contribution in [0, 0.1) is 0 Å². The normalized spacial score (nSPS) is 16.8. The summed E-state index contributed by atoms with van der Waals surface area (Å²) >= 11 is 7.48. The molecule has 0 radical (unpaired) electrons. The number of piperazine rings is 1. The minimum Gasteiger partial charge on any atom is -0.362 e. The highest BCUT2D eigenvalue weighted by Gasteiger charge is 2.30. The van der Waals surface area contributed by atoms with E-state index >= 15 is 0 Å². The maximum Gasteiger partial charge on any atom is 0.166 e. The zero-order chi connectivity index (χ0) is 22.9. The fourth-order valence-corrected chi connectivity index (χ4v) is 5.80. The van der Waals surface area contributed by atoms with Gasteiger partial charge < -0.3 is 10.6 Å². The monoisotopic (exact) mass is 478 g/mol. The van der Waals surface area contributed by atoms with Crippen molar-refractivity contribution >= 4 is 28.7 Å². The van der Waals surface area contributed by atoms with E-state index in [2.05, 4.69) is 106 Å². The van der Waals surface area contributed by atoms with Crippen molar-refractivity contribution in [3.8, 4) is 0 Å². The minimum atomic E-state index is 0.223. The third-order valence-corrected chi connectivity index (χ3v) is 7.46. The molecule has 0 aliphatic carbocycles. The van der Waals surface area contributed by atoms with Gasteiger partial charge in [-0.3, -0.25) is 9.80 Å². The molecule has 0 amide bonds. The van der Waals surface area contributed by atoms with Crippen LogP contribution in [0.1, 0.15) is 29.0 Å². The Morgan fingerprint density at radius 1 is 0.909 bits per heavy atom. The average molecular weight is 479 g/mol. The van der Waals surface area contributed by atoms with Crippen LogP contribution in [0.3, 0.4) is 0 Å². The smallest absolute Gasteiger partial charge is 0.166 e. The summed E-state index contributed by atoms with van der Waals surface area (Å²) in [6.07, 6.45) is 0.967. The lowest BCUT2D eigenvalue weighted by Crippen LogP contribution is -2.53. The Hall–Kier alpha value is -2.25. The van der Waals surface area contributed by atoms with Gasteiger partial charge in [0.2, 0.25) is 0 Å². The summed E-state index contributed by atoms with van der Waals surface area (Å²) in [5, 5.41) is 9.89. The van der Waals surface area contributed by atoms with E-state index in [9.17, 15) is 0 Å². The lowest BCUT2D eigenvalue weighted by atomic mass is 10.0. The van der Waals surface area contributed by atoms with Crippen LogP contribution in [0.2, 0.25) is 0 Å². The molecule has 0 saturated carbocycles. The van der Waals surface area contributed by atoms with Gasteiger partial charge in [0.1, 0.15) is 0 Å². The van der Waals surface area contributed by atoms with Crippen LogP contribution in [-0.2, 0) is 13.0 Å². The van der Waals surface area contributed by atoms with Gasteiger partial charge in [-0.25, -0.2) is 0 Å². The van der Waals surface area contributed by atoms with Crippen molar-refractivity contribution in [3.05, 3.63) is 94.2 Å². The van der Waals surface area contributed by atoms with E-state index in [1.54, 1.807) is 0 Å². The molecule has 2 aromatic carbocycles. The van der Waals surface area contributed by atoms with Crippen molar-refractivity contribution in [1.29, 1.82) is 0 Å². The second-order valence-corrected chi connectivity index (χ2v) is 10.1. The van der Waals surface area contributed by atoms with E-state index in [1.165, 1.54) is 16.0 Å². The van der Waals surface area contributed by atoms with Crippen molar-refractivity contribution in [2.45, 2.75) is 32.0 Å². The predicted octanol–water partition coefficient (Wildman–Crippen LogP) is 4.70. The number of hydrogen-bond acceptors (Lipinski definition) is 4. The molecular weight excluding hydrogens is 444 g/mol. The quantitative estimate of drug-likeness (QED) is 0.435. The van der Waals surface area contributed by atoms with E-state index in [0.29, 0.717) is 6.04 Å². The molecule has 1 aliphatic heterocycles. The van der Waals surface area contributed by atoms with Crippen molar-refractivity contribution in [1.82, 2.24) is 20.4 Å². The second-order valence-electron chi connectivity index (χ2n) is 8.68. The molecule has 174 valence electrons. The number of benzene rings is 2. The van der Waals surface area contributed by atoms with Gasteiger partial charge in [0.15, 0.2) is 5.11 Å². The summed E-state index contributed by atoms with van der Waals surface area (Å²) < 4.78 is 0. The van der Waals surface area contributed by atoms with Crippen molar-refractivity contribution in [2.75, 3.05) is 32.7 Å². The highest BCUT2D eigenvalue weighted by molar-refractivity contribution is 7.80. The largest absolute Gasteiger partial charge is 0.362 e. The first-order valence-corrected chi connectivity index (χ1v) is 13.1. The summed E-state index contributed by atoms with van der Waals surface area (Å²) in [7, 11) is 0. The van der Waals surface area contributed by atoms with E-state index < -0.39 is 0 Å². The summed E-state index contributed by atoms with van der Waals surface area (Å²) in [6, 6.07) is 26.3. The molecule has 6 heteroatoms. The van der Waals surface area contributed by atoms with Gasteiger partial charge in [-0.2, -0.15) is 0 Å².